The van der Waals surface area contributed by atoms with Crippen LogP contribution in [0.1, 0.15) is 13.8 Å². The van der Waals surface area contributed by atoms with Gasteiger partial charge in [-0.25, -0.2) is 4.98 Å². The fourth-order valence-corrected chi connectivity index (χ4v) is 6.64. The van der Waals surface area contributed by atoms with Crippen molar-refractivity contribution in [3.63, 3.8) is 0 Å². The largest absolute Gasteiger partial charge is 0.394 e. The molecule has 0 saturated carbocycles. The van der Waals surface area contributed by atoms with Crippen molar-refractivity contribution in [2.45, 2.75) is 130 Å². The minimum Gasteiger partial charge on any atom is -0.394 e. The molecule has 1 aromatic heterocycles. The lowest BCUT2D eigenvalue weighted by Crippen LogP contribution is -2.69. The summed E-state index contributed by atoms with van der Waals surface area (Å²) in [5.74, 6) is -0.998. The second-order valence-corrected chi connectivity index (χ2v) is 13.8. The summed E-state index contributed by atoms with van der Waals surface area (Å²) >= 11 is 0. The Morgan fingerprint density at radius 1 is 0.737 bits per heavy atom. The highest BCUT2D eigenvalue weighted by atomic mass is 16.8. The quantitative estimate of drug-likeness (QED) is 0.0653. The molecule has 24 nitrogen and oxygen atoms in total. The van der Waals surface area contributed by atoms with Crippen molar-refractivity contribution in [2.75, 3.05) is 38.3 Å². The van der Waals surface area contributed by atoms with E-state index in [0.29, 0.717) is 5.82 Å². The van der Waals surface area contributed by atoms with E-state index in [-0.39, 0.29) is 6.54 Å². The average molecular weight is 827 g/mol. The molecule has 4 rings (SSSR count). The molecule has 0 aliphatic carbocycles. The van der Waals surface area contributed by atoms with Gasteiger partial charge in [-0.2, -0.15) is 0 Å². The van der Waals surface area contributed by atoms with Gasteiger partial charge in [0.05, 0.1) is 32.5 Å². The van der Waals surface area contributed by atoms with E-state index in [1.807, 2.05) is 0 Å². The van der Waals surface area contributed by atoms with Crippen LogP contribution >= 0.6 is 0 Å². The molecule has 0 spiro atoms. The van der Waals surface area contributed by atoms with Crippen molar-refractivity contribution in [3.8, 4) is 0 Å². The average Bonchev–Trinajstić information content (AvgIpc) is 3.19. The topological polar surface area (TPSA) is 381 Å². The maximum absolute atomic E-state index is 12.4. The van der Waals surface area contributed by atoms with Crippen molar-refractivity contribution < 1.29 is 99.3 Å². The maximum Gasteiger partial charge on any atom is 0.217 e. The molecule has 326 valence electrons. The number of rotatable bonds is 18. The lowest BCUT2D eigenvalue weighted by molar-refractivity contribution is -0.378. The van der Waals surface area contributed by atoms with Gasteiger partial charge < -0.3 is 106 Å². The van der Waals surface area contributed by atoms with Crippen molar-refractivity contribution >= 4 is 17.6 Å². The minimum atomic E-state index is -2.06. The molecule has 19 atom stereocenters. The van der Waals surface area contributed by atoms with Crippen molar-refractivity contribution in [1.82, 2.24) is 15.6 Å². The number of nitrogens with one attached hydrogen (secondary N) is 3. The normalized spacial score (nSPS) is 38.0. The highest BCUT2D eigenvalue weighted by Crippen LogP contribution is 2.33. The molecule has 3 saturated heterocycles. The van der Waals surface area contributed by atoms with Gasteiger partial charge in [-0.3, -0.25) is 9.59 Å². The lowest BCUT2D eigenvalue weighted by atomic mass is 9.94. The number of carbonyl (C=O) groups excluding carboxylic acids is 2. The number of aliphatic hydroxyl groups excluding tert-OH is 12. The summed E-state index contributed by atoms with van der Waals surface area (Å²) in [5, 5.41) is 135. The van der Waals surface area contributed by atoms with E-state index in [0.717, 1.165) is 6.92 Å². The molecule has 24 heteroatoms. The summed E-state index contributed by atoms with van der Waals surface area (Å²) in [6.07, 6.45) is -29.3. The second kappa shape index (κ2) is 21.4. The van der Waals surface area contributed by atoms with Gasteiger partial charge in [0.2, 0.25) is 11.8 Å². The van der Waals surface area contributed by atoms with Gasteiger partial charge in [0, 0.05) is 26.6 Å². The predicted octanol–water partition coefficient (Wildman–Crippen LogP) is -8.31. The van der Waals surface area contributed by atoms with Crippen LogP contribution in [0, 0.1) is 0 Å². The Hall–Kier alpha value is -2.83. The summed E-state index contributed by atoms with van der Waals surface area (Å²) in [7, 11) is 0. The van der Waals surface area contributed by atoms with Gasteiger partial charge >= 0.3 is 0 Å². The molecule has 1 aromatic rings. The first-order valence-electron chi connectivity index (χ1n) is 18.1. The molecule has 3 fully saturated rings. The minimum absolute atomic E-state index is 0.178. The molecular formula is C33H54N4O20. The summed E-state index contributed by atoms with van der Waals surface area (Å²) in [6.45, 7) is -1.63. The Labute approximate surface area is 325 Å². The monoisotopic (exact) mass is 826 g/mol. The van der Waals surface area contributed by atoms with E-state index in [9.17, 15) is 70.9 Å². The number of carbonyl (C=O) groups is 2. The number of hydrogen-bond acceptors (Lipinski definition) is 22. The Kier molecular flexibility index (Phi) is 17.6. The molecular weight excluding hydrogens is 772 g/mol. The van der Waals surface area contributed by atoms with Gasteiger partial charge in [0.1, 0.15) is 97.3 Å². The van der Waals surface area contributed by atoms with Crippen LogP contribution in [-0.2, 0) is 38.0 Å². The molecule has 3 aliphatic heterocycles. The fourth-order valence-electron chi connectivity index (χ4n) is 6.64. The van der Waals surface area contributed by atoms with E-state index < -0.39 is 155 Å². The molecule has 3 aliphatic rings. The van der Waals surface area contributed by atoms with Crippen molar-refractivity contribution in [2.24, 2.45) is 0 Å². The number of hydrogen-bond donors (Lipinski definition) is 15. The molecule has 15 N–H and O–H groups in total. The zero-order valence-electron chi connectivity index (χ0n) is 30.9. The third-order valence-electron chi connectivity index (χ3n) is 9.64. The van der Waals surface area contributed by atoms with Crippen molar-refractivity contribution in [1.29, 1.82) is 0 Å². The Bertz CT molecular complexity index is 1390. The van der Waals surface area contributed by atoms with Crippen LogP contribution < -0.4 is 16.0 Å². The SMILES string of the molecule is CC(=O)N[C@H]1[C@H](O[C@@H]([C@H](O)[C@H](CNc2ccccn2)NC(C)=O)[C@H](O)CO)O[C@H](CO)[C@@H](O[C@@H]2O[C@H](CO)[C@@H](O)[C@H](O[C@H]3O[C@H](CO)[C@@H](O)[C@H](O)[C@@H]3O)[C@@H]2O)[C@@H]1O. The number of pyridine rings is 1. The summed E-state index contributed by atoms with van der Waals surface area (Å²) < 4.78 is 34.1. The van der Waals surface area contributed by atoms with E-state index in [1.54, 1.807) is 18.2 Å². The van der Waals surface area contributed by atoms with E-state index in [1.165, 1.54) is 13.1 Å². The van der Waals surface area contributed by atoms with Crippen LogP contribution in [0.4, 0.5) is 5.82 Å². The van der Waals surface area contributed by atoms with Gasteiger partial charge in [0.15, 0.2) is 18.9 Å². The lowest BCUT2D eigenvalue weighted by Gasteiger charge is -2.49. The second-order valence-electron chi connectivity index (χ2n) is 13.8. The zero-order valence-corrected chi connectivity index (χ0v) is 30.9. The van der Waals surface area contributed by atoms with Crippen LogP contribution in [0.15, 0.2) is 24.4 Å². The van der Waals surface area contributed by atoms with Crippen LogP contribution in [-0.4, -0.2) is 227 Å². The van der Waals surface area contributed by atoms with Gasteiger partial charge in [-0.05, 0) is 12.1 Å². The molecule has 4 heterocycles. The number of aromatic nitrogens is 1. The molecule has 0 radical (unpaired) electrons. The number of ether oxygens (including phenoxy) is 6. The van der Waals surface area contributed by atoms with E-state index in [2.05, 4.69) is 20.9 Å². The molecule has 0 aromatic carbocycles. The molecule has 2 amide bonds. The number of nitrogens with zero attached hydrogens (tertiary/aromatic N) is 1. The highest BCUT2D eigenvalue weighted by Gasteiger charge is 2.54. The predicted molar refractivity (Wildman–Crippen MR) is 185 cm³/mol. The van der Waals surface area contributed by atoms with E-state index >= 15 is 0 Å². The third-order valence-corrected chi connectivity index (χ3v) is 9.64. The number of amides is 2. The standard InChI is InChI=1S/C33H54N4O20/c1-12(42)36-14(7-35-19-5-3-4-6-34-19)21(45)28(15(44)8-38)55-31-20(37-13(2)43)24(48)29(18(11-41)54-31)56-33-27(51)30(23(47)17(10-40)53-33)57-32-26(50)25(49)22(46)16(9-39)52-32/h3-6,14-18,20-33,38-41,44-51H,7-11H2,1-2H3,(H,34,35)(H,36,42)(H,37,43)/t14-,15+,16+,17+,18+,20+,21+,22+,23+,24+,25-,26-,27-,28+,29+,30-,31-,32+,33-/m0/s1. The Morgan fingerprint density at radius 3 is 1.89 bits per heavy atom. The first kappa shape index (κ1) is 46.9. The number of anilines is 1. The van der Waals surface area contributed by atoms with Gasteiger partial charge in [-0.1, -0.05) is 6.07 Å². The van der Waals surface area contributed by atoms with E-state index in [4.69, 9.17) is 28.4 Å². The first-order valence-corrected chi connectivity index (χ1v) is 18.1. The van der Waals surface area contributed by atoms with Crippen LogP contribution in [0.5, 0.6) is 0 Å². The van der Waals surface area contributed by atoms with Gasteiger partial charge in [-0.15, -0.1) is 0 Å². The summed E-state index contributed by atoms with van der Waals surface area (Å²) in [6, 6.07) is 2.07. The molecule has 0 bridgehead atoms. The Balaban J connectivity index is 1.57. The Morgan fingerprint density at radius 2 is 1.33 bits per heavy atom. The summed E-state index contributed by atoms with van der Waals surface area (Å²) in [5.41, 5.74) is 0. The van der Waals surface area contributed by atoms with Crippen LogP contribution in [0.2, 0.25) is 0 Å². The maximum atomic E-state index is 12.4. The number of aliphatic hydroxyl groups is 12. The van der Waals surface area contributed by atoms with Crippen LogP contribution in [0.25, 0.3) is 0 Å². The first-order chi connectivity index (χ1) is 27.1. The summed E-state index contributed by atoms with van der Waals surface area (Å²) in [4.78, 5) is 28.6. The zero-order chi connectivity index (χ0) is 42.1. The molecule has 57 heavy (non-hydrogen) atoms. The van der Waals surface area contributed by atoms with Gasteiger partial charge in [0.25, 0.3) is 0 Å². The fraction of sp³-hybridized carbons (Fsp3) is 0.788. The smallest absolute Gasteiger partial charge is 0.217 e. The van der Waals surface area contributed by atoms with Crippen LogP contribution in [0.3, 0.4) is 0 Å². The molecule has 0 unspecified atom stereocenters. The highest BCUT2D eigenvalue weighted by molar-refractivity contribution is 5.73. The third kappa shape index (κ3) is 11.5. The van der Waals surface area contributed by atoms with Crippen molar-refractivity contribution in [3.05, 3.63) is 24.4 Å².